The van der Waals surface area contributed by atoms with Crippen molar-refractivity contribution in [2.75, 3.05) is 7.11 Å². The highest BCUT2D eigenvalue weighted by Gasteiger charge is 2.13. The first-order valence-corrected chi connectivity index (χ1v) is 7.90. The lowest BCUT2D eigenvalue weighted by Gasteiger charge is -2.06. The van der Waals surface area contributed by atoms with Gasteiger partial charge in [0.25, 0.3) is 0 Å². The molecular formula is C18H15FN4O3. The molecule has 0 bridgehead atoms. The molecule has 0 aliphatic heterocycles. The van der Waals surface area contributed by atoms with Crippen molar-refractivity contribution in [2.24, 2.45) is 0 Å². The van der Waals surface area contributed by atoms with Gasteiger partial charge in [0.15, 0.2) is 17.2 Å². The van der Waals surface area contributed by atoms with E-state index in [9.17, 15) is 9.18 Å². The monoisotopic (exact) mass is 354 g/mol. The fraction of sp³-hybridized carbons (Fsp3) is 0.167. The molecule has 4 rings (SSSR count). The molecule has 0 saturated heterocycles. The van der Waals surface area contributed by atoms with Crippen LogP contribution in [0.3, 0.4) is 0 Å². The van der Waals surface area contributed by atoms with Gasteiger partial charge in [-0.3, -0.25) is 9.55 Å². The normalized spacial score (nSPS) is 11.2. The summed E-state index contributed by atoms with van der Waals surface area (Å²) in [5, 5.41) is 3.92. The molecule has 0 fully saturated rings. The van der Waals surface area contributed by atoms with Crippen molar-refractivity contribution in [3.63, 3.8) is 0 Å². The molecule has 8 heteroatoms. The molecular weight excluding hydrogens is 339 g/mol. The van der Waals surface area contributed by atoms with E-state index in [2.05, 4.69) is 15.1 Å². The zero-order valence-electron chi connectivity index (χ0n) is 14.1. The Kier molecular flexibility index (Phi) is 3.80. The second-order valence-corrected chi connectivity index (χ2v) is 5.89. The van der Waals surface area contributed by atoms with E-state index in [0.29, 0.717) is 33.7 Å². The van der Waals surface area contributed by atoms with E-state index >= 15 is 0 Å². The van der Waals surface area contributed by atoms with Crippen molar-refractivity contribution in [3.8, 4) is 16.9 Å². The number of rotatable bonds is 4. The quantitative estimate of drug-likeness (QED) is 0.609. The van der Waals surface area contributed by atoms with Crippen LogP contribution >= 0.6 is 0 Å². The summed E-state index contributed by atoms with van der Waals surface area (Å²) >= 11 is 0. The lowest BCUT2D eigenvalue weighted by Crippen LogP contribution is -2.17. The van der Waals surface area contributed by atoms with Crippen molar-refractivity contribution in [2.45, 2.75) is 13.5 Å². The Hall–Kier alpha value is -3.42. The van der Waals surface area contributed by atoms with E-state index in [4.69, 9.17) is 9.26 Å². The highest BCUT2D eigenvalue weighted by atomic mass is 19.1. The van der Waals surface area contributed by atoms with Gasteiger partial charge in [0, 0.05) is 17.8 Å². The number of H-pyrrole nitrogens is 1. The number of imidazole rings is 1. The molecule has 26 heavy (non-hydrogen) atoms. The third kappa shape index (κ3) is 2.75. The molecule has 1 aromatic carbocycles. The number of aromatic amines is 1. The van der Waals surface area contributed by atoms with Gasteiger partial charge in [-0.25, -0.2) is 14.2 Å². The molecule has 4 aromatic rings. The maximum absolute atomic E-state index is 14.0. The fourth-order valence-corrected chi connectivity index (χ4v) is 2.85. The summed E-state index contributed by atoms with van der Waals surface area (Å²) in [5.74, 6) is 0.373. The Labute approximate surface area is 147 Å². The predicted octanol–water partition coefficient (Wildman–Crippen LogP) is 2.88. The number of benzene rings is 1. The minimum absolute atomic E-state index is 0.169. The average Bonchev–Trinajstić information content (AvgIpc) is 3.18. The second kappa shape index (κ2) is 6.14. The lowest BCUT2D eigenvalue weighted by molar-refractivity contribution is 0.386. The van der Waals surface area contributed by atoms with Gasteiger partial charge < -0.3 is 9.26 Å². The Balaban J connectivity index is 1.80. The predicted molar refractivity (Wildman–Crippen MR) is 92.6 cm³/mol. The molecule has 3 heterocycles. The number of nitrogens with one attached hydrogen (secondary N) is 1. The molecule has 3 aromatic heterocycles. The van der Waals surface area contributed by atoms with E-state index in [1.165, 1.54) is 17.7 Å². The molecule has 0 radical (unpaired) electrons. The zero-order valence-corrected chi connectivity index (χ0v) is 14.1. The number of fused-ring (bicyclic) bond motifs is 1. The third-order valence-corrected chi connectivity index (χ3v) is 4.11. The van der Waals surface area contributed by atoms with Crippen molar-refractivity contribution >= 4 is 11.2 Å². The van der Waals surface area contributed by atoms with Gasteiger partial charge in [-0.2, -0.15) is 0 Å². The molecule has 1 N–H and O–H groups in total. The molecule has 132 valence electrons. The van der Waals surface area contributed by atoms with Crippen LogP contribution in [0.2, 0.25) is 0 Å². The zero-order chi connectivity index (χ0) is 18.3. The molecule has 0 amide bonds. The Morgan fingerprint density at radius 3 is 2.81 bits per heavy atom. The maximum Gasteiger partial charge on any atom is 0.328 e. The highest BCUT2D eigenvalue weighted by Crippen LogP contribution is 2.26. The summed E-state index contributed by atoms with van der Waals surface area (Å²) < 4.78 is 25.5. The molecule has 0 unspecified atom stereocenters. The van der Waals surface area contributed by atoms with Gasteiger partial charge in [0.1, 0.15) is 11.5 Å². The fourth-order valence-electron chi connectivity index (χ4n) is 2.85. The van der Waals surface area contributed by atoms with E-state index in [0.717, 1.165) is 0 Å². The molecule has 0 atom stereocenters. The van der Waals surface area contributed by atoms with Gasteiger partial charge in [0.2, 0.25) is 0 Å². The van der Waals surface area contributed by atoms with Crippen molar-refractivity contribution < 1.29 is 13.7 Å². The van der Waals surface area contributed by atoms with Gasteiger partial charge in [-0.15, -0.1) is 0 Å². The second-order valence-electron chi connectivity index (χ2n) is 5.89. The first-order valence-electron chi connectivity index (χ1n) is 7.90. The van der Waals surface area contributed by atoms with Crippen LogP contribution < -0.4 is 10.4 Å². The standard InChI is InChI=1S/C18H15FN4O3/c1-10-5-13(22-26-10)9-23-15-7-12(8-20-17(15)21-18(23)24)11-3-4-16(25-2)14(19)6-11/h3-8H,9H2,1-2H3,(H,20,21,24). The Morgan fingerprint density at radius 2 is 2.12 bits per heavy atom. The van der Waals surface area contributed by atoms with Crippen LogP contribution in [-0.2, 0) is 6.54 Å². The molecule has 0 aliphatic carbocycles. The van der Waals surface area contributed by atoms with Crippen LogP contribution in [0.15, 0.2) is 45.8 Å². The van der Waals surface area contributed by atoms with Crippen molar-refractivity contribution in [3.05, 3.63) is 64.3 Å². The van der Waals surface area contributed by atoms with Gasteiger partial charge >= 0.3 is 5.69 Å². The summed E-state index contributed by atoms with van der Waals surface area (Å²) in [4.78, 5) is 19.3. The number of hydrogen-bond donors (Lipinski definition) is 1. The maximum atomic E-state index is 14.0. The highest BCUT2D eigenvalue weighted by molar-refractivity contribution is 5.78. The van der Waals surface area contributed by atoms with Crippen molar-refractivity contribution in [1.82, 2.24) is 19.7 Å². The van der Waals surface area contributed by atoms with Crippen LogP contribution in [0.1, 0.15) is 11.5 Å². The van der Waals surface area contributed by atoms with E-state index in [1.54, 1.807) is 37.4 Å². The third-order valence-electron chi connectivity index (χ3n) is 4.11. The summed E-state index contributed by atoms with van der Waals surface area (Å²) in [6, 6.07) is 8.21. The molecule has 0 spiro atoms. The average molecular weight is 354 g/mol. The summed E-state index contributed by atoms with van der Waals surface area (Å²) in [6.07, 6.45) is 1.59. The van der Waals surface area contributed by atoms with Gasteiger partial charge in [0.05, 0.1) is 19.2 Å². The van der Waals surface area contributed by atoms with E-state index in [-0.39, 0.29) is 18.0 Å². The molecule has 0 aliphatic rings. The van der Waals surface area contributed by atoms with Crippen LogP contribution in [0, 0.1) is 12.7 Å². The minimum atomic E-state index is -0.463. The minimum Gasteiger partial charge on any atom is -0.494 e. The number of pyridine rings is 1. The number of methoxy groups -OCH3 is 1. The first-order chi connectivity index (χ1) is 12.5. The summed E-state index contributed by atoms with van der Waals surface area (Å²) in [6.45, 7) is 2.03. The van der Waals surface area contributed by atoms with Gasteiger partial charge in [-0.1, -0.05) is 11.2 Å². The summed E-state index contributed by atoms with van der Waals surface area (Å²) in [5.41, 5.74) is 2.70. The number of aryl methyl sites for hydroxylation is 1. The Bertz CT molecular complexity index is 1160. The number of halogens is 1. The first kappa shape index (κ1) is 16.1. The number of ether oxygens (including phenoxy) is 1. The van der Waals surface area contributed by atoms with Gasteiger partial charge in [-0.05, 0) is 30.7 Å². The van der Waals surface area contributed by atoms with Crippen LogP contribution in [0.4, 0.5) is 4.39 Å². The van der Waals surface area contributed by atoms with E-state index in [1.807, 2.05) is 0 Å². The van der Waals surface area contributed by atoms with Crippen LogP contribution in [0.25, 0.3) is 22.3 Å². The number of hydrogen-bond acceptors (Lipinski definition) is 5. The molecule has 7 nitrogen and oxygen atoms in total. The topological polar surface area (TPSA) is 85.9 Å². The summed E-state index contributed by atoms with van der Waals surface area (Å²) in [7, 11) is 1.41. The number of nitrogens with zero attached hydrogens (tertiary/aromatic N) is 3. The molecule has 0 saturated carbocycles. The van der Waals surface area contributed by atoms with Crippen LogP contribution in [0.5, 0.6) is 5.75 Å². The Morgan fingerprint density at radius 1 is 1.27 bits per heavy atom. The van der Waals surface area contributed by atoms with Crippen LogP contribution in [-0.4, -0.2) is 26.8 Å². The lowest BCUT2D eigenvalue weighted by atomic mass is 10.1. The van der Waals surface area contributed by atoms with Crippen molar-refractivity contribution in [1.29, 1.82) is 0 Å². The number of aromatic nitrogens is 4. The SMILES string of the molecule is COc1ccc(-c2cnc3[nH]c(=O)n(Cc4cc(C)on4)c3c2)cc1F. The largest absolute Gasteiger partial charge is 0.494 e. The smallest absolute Gasteiger partial charge is 0.328 e. The van der Waals surface area contributed by atoms with E-state index < -0.39 is 5.82 Å².